The molecule has 0 amide bonds. The molecule has 1 aliphatic carbocycles. The van der Waals surface area contributed by atoms with Gasteiger partial charge >= 0.3 is 0 Å². The second-order valence-corrected chi connectivity index (χ2v) is 7.06. The monoisotopic (exact) mass is 263 g/mol. The van der Waals surface area contributed by atoms with Gasteiger partial charge in [0.05, 0.1) is 0 Å². The Morgan fingerprint density at radius 2 is 2.06 bits per heavy atom. The summed E-state index contributed by atoms with van der Waals surface area (Å²) in [7, 11) is 2.00. The SMILES string of the molecule is CNCc1cccc(SC2CCC(C)C(C)C2)c1. The maximum atomic E-state index is 3.22. The molecule has 0 aliphatic heterocycles. The lowest BCUT2D eigenvalue weighted by Gasteiger charge is -2.31. The third kappa shape index (κ3) is 3.76. The van der Waals surface area contributed by atoms with Crippen molar-refractivity contribution in [2.75, 3.05) is 7.05 Å². The van der Waals surface area contributed by atoms with Crippen molar-refractivity contribution in [2.24, 2.45) is 11.8 Å². The van der Waals surface area contributed by atoms with E-state index in [1.165, 1.54) is 29.7 Å². The van der Waals surface area contributed by atoms with Gasteiger partial charge < -0.3 is 5.32 Å². The van der Waals surface area contributed by atoms with E-state index in [1.54, 1.807) is 0 Å². The molecule has 1 aromatic rings. The van der Waals surface area contributed by atoms with Crippen molar-refractivity contribution >= 4 is 11.8 Å². The summed E-state index contributed by atoms with van der Waals surface area (Å²) in [6, 6.07) is 8.98. The van der Waals surface area contributed by atoms with Crippen LogP contribution in [0.5, 0.6) is 0 Å². The van der Waals surface area contributed by atoms with Gasteiger partial charge in [0.1, 0.15) is 0 Å². The molecule has 1 aromatic carbocycles. The second-order valence-electron chi connectivity index (χ2n) is 5.69. The quantitative estimate of drug-likeness (QED) is 0.868. The summed E-state index contributed by atoms with van der Waals surface area (Å²) in [5.74, 6) is 1.80. The van der Waals surface area contributed by atoms with Gasteiger partial charge in [0.2, 0.25) is 0 Å². The first-order chi connectivity index (χ1) is 8.69. The second kappa shape index (κ2) is 6.63. The zero-order valence-corrected chi connectivity index (χ0v) is 12.6. The van der Waals surface area contributed by atoms with E-state index in [9.17, 15) is 0 Å². The van der Waals surface area contributed by atoms with E-state index in [1.807, 2.05) is 7.05 Å². The average molecular weight is 263 g/mol. The van der Waals surface area contributed by atoms with Gasteiger partial charge in [-0.25, -0.2) is 0 Å². The molecule has 0 saturated heterocycles. The van der Waals surface area contributed by atoms with E-state index >= 15 is 0 Å². The molecule has 1 N–H and O–H groups in total. The van der Waals surface area contributed by atoms with Gasteiger partial charge in [-0.15, -0.1) is 11.8 Å². The molecular weight excluding hydrogens is 238 g/mol. The first-order valence-electron chi connectivity index (χ1n) is 7.09. The van der Waals surface area contributed by atoms with Crippen LogP contribution < -0.4 is 5.32 Å². The molecule has 1 saturated carbocycles. The fourth-order valence-corrected chi connectivity index (χ4v) is 4.15. The molecule has 1 aliphatic rings. The predicted molar refractivity (Wildman–Crippen MR) is 81.0 cm³/mol. The van der Waals surface area contributed by atoms with Crippen LogP contribution >= 0.6 is 11.8 Å². The summed E-state index contributed by atoms with van der Waals surface area (Å²) in [6.07, 6.45) is 4.16. The smallest absolute Gasteiger partial charge is 0.0202 e. The molecule has 18 heavy (non-hydrogen) atoms. The molecule has 1 fully saturated rings. The normalized spacial score (nSPS) is 28.3. The molecule has 0 radical (unpaired) electrons. The Hall–Kier alpha value is -0.470. The Balaban J connectivity index is 1.94. The fraction of sp³-hybridized carbons (Fsp3) is 0.625. The van der Waals surface area contributed by atoms with Gasteiger partial charge in [0, 0.05) is 16.7 Å². The van der Waals surface area contributed by atoms with Crippen LogP contribution in [0.4, 0.5) is 0 Å². The first-order valence-corrected chi connectivity index (χ1v) is 7.97. The van der Waals surface area contributed by atoms with Gasteiger partial charge in [0.15, 0.2) is 0 Å². The van der Waals surface area contributed by atoms with Crippen LogP contribution in [0.15, 0.2) is 29.2 Å². The van der Waals surface area contributed by atoms with Crippen LogP contribution in [-0.4, -0.2) is 12.3 Å². The topological polar surface area (TPSA) is 12.0 Å². The molecule has 2 heteroatoms. The molecule has 0 aromatic heterocycles. The lowest BCUT2D eigenvalue weighted by Crippen LogP contribution is -2.22. The van der Waals surface area contributed by atoms with Crippen LogP contribution in [0.1, 0.15) is 38.7 Å². The Bertz CT molecular complexity index is 377. The summed E-state index contributed by atoms with van der Waals surface area (Å²) in [6.45, 7) is 5.78. The molecule has 3 atom stereocenters. The Morgan fingerprint density at radius 1 is 1.22 bits per heavy atom. The maximum absolute atomic E-state index is 3.22. The van der Waals surface area contributed by atoms with Gasteiger partial charge in [-0.05, 0) is 55.8 Å². The minimum atomic E-state index is 0.820. The fourth-order valence-electron chi connectivity index (χ4n) is 2.73. The Kier molecular flexibility index (Phi) is 5.13. The lowest BCUT2D eigenvalue weighted by molar-refractivity contribution is 0.283. The van der Waals surface area contributed by atoms with Crippen molar-refractivity contribution in [3.63, 3.8) is 0 Å². The number of nitrogens with one attached hydrogen (secondary N) is 1. The van der Waals surface area contributed by atoms with E-state index < -0.39 is 0 Å². The van der Waals surface area contributed by atoms with Crippen LogP contribution in [-0.2, 0) is 6.54 Å². The molecule has 0 spiro atoms. The van der Waals surface area contributed by atoms with Gasteiger partial charge in [0.25, 0.3) is 0 Å². The Labute approximate surface area is 116 Å². The van der Waals surface area contributed by atoms with Crippen molar-refractivity contribution in [3.8, 4) is 0 Å². The molecule has 0 heterocycles. The van der Waals surface area contributed by atoms with Crippen molar-refractivity contribution in [3.05, 3.63) is 29.8 Å². The number of hydrogen-bond acceptors (Lipinski definition) is 2. The van der Waals surface area contributed by atoms with E-state index in [0.29, 0.717) is 0 Å². The highest BCUT2D eigenvalue weighted by Crippen LogP contribution is 2.38. The van der Waals surface area contributed by atoms with Crippen molar-refractivity contribution < 1.29 is 0 Å². The van der Waals surface area contributed by atoms with E-state index in [4.69, 9.17) is 0 Å². The summed E-state index contributed by atoms with van der Waals surface area (Å²) in [5.41, 5.74) is 1.39. The Morgan fingerprint density at radius 3 is 2.78 bits per heavy atom. The van der Waals surface area contributed by atoms with Gasteiger partial charge in [-0.3, -0.25) is 0 Å². The van der Waals surface area contributed by atoms with E-state index in [0.717, 1.165) is 23.6 Å². The number of hydrogen-bond donors (Lipinski definition) is 1. The summed E-state index contributed by atoms with van der Waals surface area (Å²) in [5, 5.41) is 4.04. The van der Waals surface area contributed by atoms with Crippen molar-refractivity contribution in [1.29, 1.82) is 0 Å². The predicted octanol–water partition coefficient (Wildman–Crippen LogP) is 4.32. The number of benzene rings is 1. The molecule has 1 nitrogen and oxygen atoms in total. The highest BCUT2D eigenvalue weighted by atomic mass is 32.2. The molecule has 100 valence electrons. The van der Waals surface area contributed by atoms with Crippen molar-refractivity contribution in [1.82, 2.24) is 5.32 Å². The molecule has 2 rings (SSSR count). The average Bonchev–Trinajstić information content (AvgIpc) is 2.35. The van der Waals surface area contributed by atoms with E-state index in [2.05, 4.69) is 55.2 Å². The van der Waals surface area contributed by atoms with Crippen LogP contribution in [0.25, 0.3) is 0 Å². The van der Waals surface area contributed by atoms with Crippen LogP contribution in [0.3, 0.4) is 0 Å². The molecule has 3 unspecified atom stereocenters. The highest BCUT2D eigenvalue weighted by molar-refractivity contribution is 8.00. The summed E-state index contributed by atoms with van der Waals surface area (Å²) in [4.78, 5) is 1.44. The lowest BCUT2D eigenvalue weighted by atomic mass is 9.81. The summed E-state index contributed by atoms with van der Waals surface area (Å²) >= 11 is 2.08. The standard InChI is InChI=1S/C16H25NS/c1-12-7-8-16(9-13(12)2)18-15-6-4-5-14(10-15)11-17-3/h4-6,10,12-13,16-17H,7-9,11H2,1-3H3. The minimum absolute atomic E-state index is 0.820. The highest BCUT2D eigenvalue weighted by Gasteiger charge is 2.24. The van der Waals surface area contributed by atoms with Gasteiger partial charge in [-0.2, -0.15) is 0 Å². The minimum Gasteiger partial charge on any atom is -0.316 e. The number of rotatable bonds is 4. The zero-order valence-electron chi connectivity index (χ0n) is 11.8. The molecular formula is C16H25NS. The largest absolute Gasteiger partial charge is 0.316 e. The zero-order chi connectivity index (χ0) is 13.0. The van der Waals surface area contributed by atoms with Gasteiger partial charge in [-0.1, -0.05) is 26.0 Å². The number of thioether (sulfide) groups is 1. The summed E-state index contributed by atoms with van der Waals surface area (Å²) < 4.78 is 0. The third-order valence-electron chi connectivity index (χ3n) is 4.13. The van der Waals surface area contributed by atoms with Crippen LogP contribution in [0, 0.1) is 11.8 Å². The van der Waals surface area contributed by atoms with Crippen molar-refractivity contribution in [2.45, 2.75) is 49.8 Å². The van der Waals surface area contributed by atoms with Crippen LogP contribution in [0.2, 0.25) is 0 Å². The maximum Gasteiger partial charge on any atom is 0.0202 e. The van der Waals surface area contributed by atoms with E-state index in [-0.39, 0.29) is 0 Å². The third-order valence-corrected chi connectivity index (χ3v) is 5.42. The molecule has 0 bridgehead atoms. The first kappa shape index (κ1) is 14.0.